The first-order valence-corrected chi connectivity index (χ1v) is 13.1. The lowest BCUT2D eigenvalue weighted by Gasteiger charge is -2.31. The molecule has 1 aliphatic heterocycles. The first-order valence-electron chi connectivity index (χ1n) is 11.7. The topological polar surface area (TPSA) is 105 Å². The second-order valence-corrected chi connectivity index (χ2v) is 10.8. The number of nitrogens with one attached hydrogen (secondary N) is 2. The fourth-order valence-corrected chi connectivity index (χ4v) is 5.60. The Hall–Kier alpha value is -2.91. The molecule has 2 N–H and O–H groups in total. The van der Waals surface area contributed by atoms with Crippen LogP contribution in [-0.2, 0) is 26.0 Å². The fraction of sp³-hybridized carbons (Fsp3) is 0.440. The van der Waals surface area contributed by atoms with Gasteiger partial charge in [0.1, 0.15) is 11.8 Å². The van der Waals surface area contributed by atoms with Gasteiger partial charge in [0.05, 0.1) is 12.0 Å². The van der Waals surface area contributed by atoms with E-state index in [0.717, 1.165) is 18.4 Å². The summed E-state index contributed by atoms with van der Waals surface area (Å²) < 4.78 is 32.5. The number of ether oxygens (including phenoxy) is 1. The zero-order valence-corrected chi connectivity index (χ0v) is 20.1. The average Bonchev–Trinajstić information content (AvgIpc) is 3.68. The molecule has 1 atom stereocenters. The number of benzene rings is 2. The van der Waals surface area contributed by atoms with Gasteiger partial charge in [0, 0.05) is 31.5 Å². The number of hydrogen-bond acceptors (Lipinski definition) is 5. The van der Waals surface area contributed by atoms with E-state index in [1.165, 1.54) is 23.5 Å². The summed E-state index contributed by atoms with van der Waals surface area (Å²) in [4.78, 5) is 26.0. The van der Waals surface area contributed by atoms with Crippen molar-refractivity contribution >= 4 is 21.8 Å². The molecule has 1 saturated carbocycles. The van der Waals surface area contributed by atoms with Crippen molar-refractivity contribution in [1.29, 1.82) is 0 Å². The van der Waals surface area contributed by atoms with Crippen LogP contribution in [0, 0.1) is 5.92 Å². The van der Waals surface area contributed by atoms with Gasteiger partial charge in [-0.25, -0.2) is 8.42 Å². The van der Waals surface area contributed by atoms with Crippen molar-refractivity contribution in [3.05, 3.63) is 60.2 Å². The summed E-state index contributed by atoms with van der Waals surface area (Å²) in [6.45, 7) is 0.508. The molecule has 2 amide bonds. The second kappa shape index (κ2) is 10.6. The number of nitrogens with zero attached hydrogens (tertiary/aromatic N) is 1. The van der Waals surface area contributed by atoms with Crippen LogP contribution in [0.4, 0.5) is 0 Å². The Labute approximate surface area is 200 Å². The maximum absolute atomic E-state index is 13.0. The van der Waals surface area contributed by atoms with E-state index in [9.17, 15) is 18.0 Å². The molecule has 1 aliphatic carbocycles. The highest BCUT2D eigenvalue weighted by molar-refractivity contribution is 7.89. The smallest absolute Gasteiger partial charge is 0.243 e. The van der Waals surface area contributed by atoms with E-state index in [0.29, 0.717) is 25.0 Å². The molecule has 4 rings (SSSR count). The molecule has 1 unspecified atom stereocenters. The van der Waals surface area contributed by atoms with Gasteiger partial charge < -0.3 is 15.4 Å². The van der Waals surface area contributed by atoms with E-state index in [1.807, 2.05) is 30.3 Å². The molecule has 8 nitrogen and oxygen atoms in total. The molecule has 2 aromatic carbocycles. The molecule has 182 valence electrons. The van der Waals surface area contributed by atoms with Crippen molar-refractivity contribution in [3.63, 3.8) is 0 Å². The SMILES string of the molecule is COc1ccc(S(=O)(=O)N2CCC(C(=O)NC(Cc3ccccc3)C(=O)NC3CC3)CC2)cc1. The van der Waals surface area contributed by atoms with Gasteiger partial charge in [0.2, 0.25) is 21.8 Å². The molecule has 34 heavy (non-hydrogen) atoms. The van der Waals surface area contributed by atoms with E-state index in [-0.39, 0.29) is 41.8 Å². The minimum Gasteiger partial charge on any atom is -0.497 e. The highest BCUT2D eigenvalue weighted by Gasteiger charge is 2.34. The molecule has 9 heteroatoms. The molecule has 1 saturated heterocycles. The van der Waals surface area contributed by atoms with Crippen LogP contribution in [-0.4, -0.2) is 56.8 Å². The Morgan fingerprint density at radius 2 is 1.65 bits per heavy atom. The minimum absolute atomic E-state index is 0.167. The molecule has 2 fully saturated rings. The van der Waals surface area contributed by atoms with Gasteiger partial charge >= 0.3 is 0 Å². The van der Waals surface area contributed by atoms with Crippen LogP contribution < -0.4 is 15.4 Å². The Bertz CT molecular complexity index is 1090. The number of rotatable bonds is 9. The van der Waals surface area contributed by atoms with E-state index in [2.05, 4.69) is 10.6 Å². The van der Waals surface area contributed by atoms with Crippen LogP contribution in [0.2, 0.25) is 0 Å². The summed E-state index contributed by atoms with van der Waals surface area (Å²) in [5.74, 6) is -0.118. The van der Waals surface area contributed by atoms with Crippen LogP contribution in [0.15, 0.2) is 59.5 Å². The lowest BCUT2D eigenvalue weighted by molar-refractivity contribution is -0.131. The Balaban J connectivity index is 1.36. The average molecular weight is 486 g/mol. The third-order valence-electron chi connectivity index (χ3n) is 6.36. The van der Waals surface area contributed by atoms with Crippen molar-refractivity contribution in [1.82, 2.24) is 14.9 Å². The predicted octanol–water partition coefficient (Wildman–Crippen LogP) is 2.10. The summed E-state index contributed by atoms with van der Waals surface area (Å²) >= 11 is 0. The van der Waals surface area contributed by atoms with E-state index in [1.54, 1.807) is 12.1 Å². The molecular weight excluding hydrogens is 454 g/mol. The molecule has 2 aliphatic rings. The first kappa shape index (κ1) is 24.2. The lowest BCUT2D eigenvalue weighted by atomic mass is 9.96. The quantitative estimate of drug-likeness (QED) is 0.566. The van der Waals surface area contributed by atoms with Crippen LogP contribution in [0.5, 0.6) is 5.75 Å². The van der Waals surface area contributed by atoms with E-state index < -0.39 is 16.1 Å². The van der Waals surface area contributed by atoms with Gasteiger partial charge in [0.15, 0.2) is 0 Å². The van der Waals surface area contributed by atoms with E-state index in [4.69, 9.17) is 4.74 Å². The van der Waals surface area contributed by atoms with Gasteiger partial charge in [-0.05, 0) is 55.5 Å². The minimum atomic E-state index is -3.64. The summed E-state index contributed by atoms with van der Waals surface area (Å²) in [6, 6.07) is 15.4. The van der Waals surface area contributed by atoms with Crippen LogP contribution in [0.25, 0.3) is 0 Å². The maximum Gasteiger partial charge on any atom is 0.243 e. The zero-order chi connectivity index (χ0) is 24.1. The largest absolute Gasteiger partial charge is 0.497 e. The van der Waals surface area contributed by atoms with Gasteiger partial charge in [-0.2, -0.15) is 4.31 Å². The monoisotopic (exact) mass is 485 g/mol. The number of amides is 2. The molecule has 0 radical (unpaired) electrons. The number of sulfonamides is 1. The number of methoxy groups -OCH3 is 1. The van der Waals surface area contributed by atoms with Crippen molar-refractivity contribution in [2.45, 2.75) is 49.1 Å². The van der Waals surface area contributed by atoms with Gasteiger partial charge in [-0.1, -0.05) is 30.3 Å². The summed E-state index contributed by atoms with van der Waals surface area (Å²) in [6.07, 6.45) is 3.17. The Morgan fingerprint density at radius 3 is 2.24 bits per heavy atom. The zero-order valence-electron chi connectivity index (χ0n) is 19.3. The Morgan fingerprint density at radius 1 is 1.00 bits per heavy atom. The van der Waals surface area contributed by atoms with Gasteiger partial charge in [-0.3, -0.25) is 9.59 Å². The summed E-state index contributed by atoms with van der Waals surface area (Å²) in [5.41, 5.74) is 0.971. The van der Waals surface area contributed by atoms with Crippen molar-refractivity contribution in [2.75, 3.05) is 20.2 Å². The number of piperidine rings is 1. The second-order valence-electron chi connectivity index (χ2n) is 8.89. The lowest BCUT2D eigenvalue weighted by Crippen LogP contribution is -2.51. The third kappa shape index (κ3) is 5.95. The van der Waals surface area contributed by atoms with Crippen LogP contribution >= 0.6 is 0 Å². The highest BCUT2D eigenvalue weighted by Crippen LogP contribution is 2.25. The number of carbonyl (C=O) groups excluding carboxylic acids is 2. The summed E-state index contributed by atoms with van der Waals surface area (Å²) in [5, 5.41) is 5.92. The standard InChI is InChI=1S/C25H31N3O5S/c1-33-21-9-11-22(12-10-21)34(31,32)28-15-13-19(14-16-28)24(29)27-23(25(30)26-20-7-8-20)17-18-5-3-2-4-6-18/h2-6,9-12,19-20,23H,7-8,13-17H2,1H3,(H,26,30)(H,27,29). The van der Waals surface area contributed by atoms with Gasteiger partial charge in [0.25, 0.3) is 0 Å². The maximum atomic E-state index is 13.0. The van der Waals surface area contributed by atoms with Crippen molar-refractivity contribution < 1.29 is 22.7 Å². The summed E-state index contributed by atoms with van der Waals surface area (Å²) in [7, 11) is -2.11. The van der Waals surface area contributed by atoms with Crippen molar-refractivity contribution in [3.8, 4) is 5.75 Å². The normalized spacial score (nSPS) is 18.1. The molecule has 0 bridgehead atoms. The molecule has 1 heterocycles. The highest BCUT2D eigenvalue weighted by atomic mass is 32.2. The van der Waals surface area contributed by atoms with Gasteiger partial charge in [-0.15, -0.1) is 0 Å². The van der Waals surface area contributed by atoms with Crippen LogP contribution in [0.1, 0.15) is 31.2 Å². The van der Waals surface area contributed by atoms with E-state index >= 15 is 0 Å². The predicted molar refractivity (Wildman–Crippen MR) is 128 cm³/mol. The molecule has 2 aromatic rings. The number of carbonyl (C=O) groups is 2. The molecule has 0 aromatic heterocycles. The van der Waals surface area contributed by atoms with Crippen LogP contribution in [0.3, 0.4) is 0 Å². The third-order valence-corrected chi connectivity index (χ3v) is 8.27. The molecular formula is C25H31N3O5S. The number of hydrogen-bond donors (Lipinski definition) is 2. The van der Waals surface area contributed by atoms with Crippen molar-refractivity contribution in [2.24, 2.45) is 5.92 Å². The Kier molecular flexibility index (Phi) is 7.53. The molecule has 0 spiro atoms. The first-order chi connectivity index (χ1) is 16.4. The fourth-order valence-electron chi connectivity index (χ4n) is 4.13.